The van der Waals surface area contributed by atoms with E-state index in [1.807, 2.05) is 65.7 Å². The number of piperidine rings is 1. The van der Waals surface area contributed by atoms with Crippen LogP contribution in [0.3, 0.4) is 0 Å². The third kappa shape index (κ3) is 4.31. The van der Waals surface area contributed by atoms with Gasteiger partial charge in [0, 0.05) is 35.8 Å². The first-order chi connectivity index (χ1) is 13.3. The predicted octanol–water partition coefficient (Wildman–Crippen LogP) is 3.87. The number of ether oxygens (including phenoxy) is 2. The van der Waals surface area contributed by atoms with Crippen molar-refractivity contribution in [1.82, 2.24) is 9.88 Å². The van der Waals surface area contributed by atoms with Crippen molar-refractivity contribution >= 4 is 16.8 Å². The highest BCUT2D eigenvalue weighted by molar-refractivity contribution is 5.98. The molecular weight excluding hydrogens is 340 g/mol. The lowest BCUT2D eigenvalue weighted by Crippen LogP contribution is -2.41. The van der Waals surface area contributed by atoms with E-state index in [4.69, 9.17) is 9.47 Å². The number of benzene rings is 2. The fourth-order valence-electron chi connectivity index (χ4n) is 3.49. The molecule has 0 saturated carbocycles. The molecule has 0 unspecified atom stereocenters. The van der Waals surface area contributed by atoms with E-state index in [1.165, 1.54) is 0 Å². The number of fused-ring (bicyclic) bond motifs is 1. The van der Waals surface area contributed by atoms with E-state index >= 15 is 0 Å². The lowest BCUT2D eigenvalue weighted by molar-refractivity contribution is -0.00238. The number of hydrogen-bond donors (Lipinski definition) is 1. The zero-order chi connectivity index (χ0) is 18.5. The van der Waals surface area contributed by atoms with E-state index in [-0.39, 0.29) is 12.0 Å². The molecule has 0 spiro atoms. The SMILES string of the molecule is O=C(c1ccc2[nH]ccc2c1)N1CCC(OCCOc2ccccc2)CC1. The number of carbonyl (C=O) groups is 1. The summed E-state index contributed by atoms with van der Waals surface area (Å²) in [6, 6.07) is 17.6. The van der Waals surface area contributed by atoms with E-state index < -0.39 is 0 Å². The van der Waals surface area contributed by atoms with Crippen LogP contribution < -0.4 is 4.74 Å². The number of H-pyrrole nitrogens is 1. The van der Waals surface area contributed by atoms with Gasteiger partial charge in [-0.3, -0.25) is 4.79 Å². The van der Waals surface area contributed by atoms with Gasteiger partial charge in [-0.1, -0.05) is 18.2 Å². The average molecular weight is 364 g/mol. The summed E-state index contributed by atoms with van der Waals surface area (Å²) < 4.78 is 11.6. The lowest BCUT2D eigenvalue weighted by Gasteiger charge is -2.32. The third-order valence-corrected chi connectivity index (χ3v) is 4.98. The van der Waals surface area contributed by atoms with Gasteiger partial charge in [0.25, 0.3) is 5.91 Å². The van der Waals surface area contributed by atoms with Crippen LogP contribution in [0.1, 0.15) is 23.2 Å². The first kappa shape index (κ1) is 17.6. The lowest BCUT2D eigenvalue weighted by atomic mass is 10.1. The molecule has 1 fully saturated rings. The molecule has 2 heterocycles. The van der Waals surface area contributed by atoms with Crippen molar-refractivity contribution in [3.8, 4) is 5.75 Å². The van der Waals surface area contributed by atoms with Crippen LogP contribution in [0, 0.1) is 0 Å². The Morgan fingerprint density at radius 3 is 2.67 bits per heavy atom. The molecule has 1 aliphatic heterocycles. The molecule has 140 valence electrons. The Kier molecular flexibility index (Phi) is 5.39. The summed E-state index contributed by atoms with van der Waals surface area (Å²) in [6.07, 6.45) is 3.82. The van der Waals surface area contributed by atoms with Crippen LogP contribution in [0.15, 0.2) is 60.8 Å². The molecule has 0 atom stereocenters. The molecular formula is C22H24N2O3. The molecule has 27 heavy (non-hydrogen) atoms. The molecule has 1 aromatic heterocycles. The van der Waals surface area contributed by atoms with E-state index in [2.05, 4.69) is 4.98 Å². The van der Waals surface area contributed by atoms with E-state index in [0.717, 1.165) is 48.1 Å². The summed E-state index contributed by atoms with van der Waals surface area (Å²) >= 11 is 0. The Balaban J connectivity index is 1.22. The Hall–Kier alpha value is -2.79. The van der Waals surface area contributed by atoms with Crippen LogP contribution >= 0.6 is 0 Å². The van der Waals surface area contributed by atoms with Gasteiger partial charge in [-0.05, 0) is 49.2 Å². The summed E-state index contributed by atoms with van der Waals surface area (Å²) in [7, 11) is 0. The van der Waals surface area contributed by atoms with Gasteiger partial charge >= 0.3 is 0 Å². The number of carbonyl (C=O) groups excluding carboxylic acids is 1. The monoisotopic (exact) mass is 364 g/mol. The largest absolute Gasteiger partial charge is 0.491 e. The van der Waals surface area contributed by atoms with E-state index in [0.29, 0.717) is 13.2 Å². The minimum atomic E-state index is 0.101. The number of aromatic amines is 1. The topological polar surface area (TPSA) is 54.6 Å². The Labute approximate surface area is 158 Å². The molecule has 1 N–H and O–H groups in total. The Morgan fingerprint density at radius 1 is 1.04 bits per heavy atom. The minimum Gasteiger partial charge on any atom is -0.491 e. The molecule has 1 amide bonds. The Morgan fingerprint density at radius 2 is 1.85 bits per heavy atom. The highest BCUT2D eigenvalue weighted by Gasteiger charge is 2.24. The predicted molar refractivity (Wildman–Crippen MR) is 105 cm³/mol. The highest BCUT2D eigenvalue weighted by Crippen LogP contribution is 2.19. The van der Waals surface area contributed by atoms with Crippen LogP contribution in [-0.4, -0.2) is 48.2 Å². The van der Waals surface area contributed by atoms with Gasteiger partial charge in [0.05, 0.1) is 12.7 Å². The average Bonchev–Trinajstić information content (AvgIpc) is 3.20. The molecule has 1 aliphatic rings. The van der Waals surface area contributed by atoms with Gasteiger partial charge in [-0.25, -0.2) is 0 Å². The van der Waals surface area contributed by atoms with Gasteiger partial charge < -0.3 is 19.4 Å². The molecule has 0 aliphatic carbocycles. The maximum Gasteiger partial charge on any atom is 0.253 e. The fraction of sp³-hybridized carbons (Fsp3) is 0.318. The number of para-hydroxylation sites is 1. The van der Waals surface area contributed by atoms with Gasteiger partial charge in [-0.2, -0.15) is 0 Å². The quantitative estimate of drug-likeness (QED) is 0.676. The molecule has 5 heteroatoms. The van der Waals surface area contributed by atoms with Gasteiger partial charge in [0.2, 0.25) is 0 Å². The second-order valence-corrected chi connectivity index (χ2v) is 6.80. The van der Waals surface area contributed by atoms with Crippen molar-refractivity contribution in [2.24, 2.45) is 0 Å². The fourth-order valence-corrected chi connectivity index (χ4v) is 3.49. The van der Waals surface area contributed by atoms with Crippen molar-refractivity contribution in [2.45, 2.75) is 18.9 Å². The number of nitrogens with zero attached hydrogens (tertiary/aromatic N) is 1. The molecule has 4 rings (SSSR count). The standard InChI is InChI=1S/C22H24N2O3/c25-22(18-6-7-21-17(16-18)8-11-23-21)24-12-9-20(10-13-24)27-15-14-26-19-4-2-1-3-5-19/h1-8,11,16,20,23H,9-10,12-15H2. The second-order valence-electron chi connectivity index (χ2n) is 6.80. The first-order valence-electron chi connectivity index (χ1n) is 9.45. The first-order valence-corrected chi connectivity index (χ1v) is 9.45. The number of rotatable bonds is 6. The van der Waals surface area contributed by atoms with Gasteiger partial charge in [0.15, 0.2) is 0 Å². The summed E-state index contributed by atoms with van der Waals surface area (Å²) in [5.74, 6) is 0.963. The van der Waals surface area contributed by atoms with Crippen LogP contribution in [0.2, 0.25) is 0 Å². The van der Waals surface area contributed by atoms with Gasteiger partial charge in [0.1, 0.15) is 12.4 Å². The maximum atomic E-state index is 12.7. The smallest absolute Gasteiger partial charge is 0.253 e. The number of aromatic nitrogens is 1. The third-order valence-electron chi connectivity index (χ3n) is 4.98. The van der Waals surface area contributed by atoms with Crippen LogP contribution in [0.5, 0.6) is 5.75 Å². The number of likely N-dealkylation sites (tertiary alicyclic amines) is 1. The summed E-state index contributed by atoms with van der Waals surface area (Å²) in [5.41, 5.74) is 1.80. The van der Waals surface area contributed by atoms with E-state index in [9.17, 15) is 4.79 Å². The van der Waals surface area contributed by atoms with Crippen LogP contribution in [0.25, 0.3) is 10.9 Å². The Bertz CT molecular complexity index is 883. The van der Waals surface area contributed by atoms with Crippen LogP contribution in [-0.2, 0) is 4.74 Å². The molecule has 0 bridgehead atoms. The number of amides is 1. The zero-order valence-electron chi connectivity index (χ0n) is 15.3. The summed E-state index contributed by atoms with van der Waals surface area (Å²) in [6.45, 7) is 2.57. The molecule has 1 saturated heterocycles. The normalized spacial score (nSPS) is 15.2. The van der Waals surface area contributed by atoms with Crippen molar-refractivity contribution in [2.75, 3.05) is 26.3 Å². The summed E-state index contributed by atoms with van der Waals surface area (Å²) in [5, 5.41) is 1.07. The molecule has 3 aromatic rings. The molecule has 2 aromatic carbocycles. The van der Waals surface area contributed by atoms with E-state index in [1.54, 1.807) is 0 Å². The zero-order valence-corrected chi connectivity index (χ0v) is 15.3. The second kappa shape index (κ2) is 8.27. The molecule has 5 nitrogen and oxygen atoms in total. The maximum absolute atomic E-state index is 12.7. The number of nitrogens with one attached hydrogen (secondary N) is 1. The minimum absolute atomic E-state index is 0.101. The summed E-state index contributed by atoms with van der Waals surface area (Å²) in [4.78, 5) is 17.8. The highest BCUT2D eigenvalue weighted by atomic mass is 16.5. The van der Waals surface area contributed by atoms with Crippen molar-refractivity contribution in [3.05, 3.63) is 66.4 Å². The molecule has 0 radical (unpaired) electrons. The van der Waals surface area contributed by atoms with Gasteiger partial charge in [-0.15, -0.1) is 0 Å². The van der Waals surface area contributed by atoms with Crippen molar-refractivity contribution in [1.29, 1.82) is 0 Å². The van der Waals surface area contributed by atoms with Crippen molar-refractivity contribution < 1.29 is 14.3 Å². The number of hydrogen-bond acceptors (Lipinski definition) is 3. The van der Waals surface area contributed by atoms with Crippen molar-refractivity contribution in [3.63, 3.8) is 0 Å². The van der Waals surface area contributed by atoms with Crippen LogP contribution in [0.4, 0.5) is 0 Å².